The largest absolute Gasteiger partial charge is 0.481 e. The second-order valence-electron chi connectivity index (χ2n) is 6.51. The highest BCUT2D eigenvalue weighted by molar-refractivity contribution is 5.99. The minimum absolute atomic E-state index is 0.0592. The molecular formula is C20H25N3O6. The number of amides is 1. The molecule has 2 rings (SSSR count). The minimum Gasteiger partial charge on any atom is -0.481 e. The Labute approximate surface area is 169 Å². The number of esters is 1. The normalized spacial score (nSPS) is 11.5. The minimum atomic E-state index is -0.764. The number of benzene rings is 1. The zero-order valence-electron chi connectivity index (χ0n) is 17.1. The zero-order valence-corrected chi connectivity index (χ0v) is 17.1. The van der Waals surface area contributed by atoms with Crippen LogP contribution < -0.4 is 19.5 Å². The van der Waals surface area contributed by atoms with E-state index in [1.807, 2.05) is 13.8 Å². The van der Waals surface area contributed by atoms with E-state index < -0.39 is 17.9 Å². The number of hydrogen-bond donors (Lipinski definition) is 1. The molecule has 2 aromatic rings. The van der Waals surface area contributed by atoms with Crippen LogP contribution in [0.4, 0.5) is 0 Å². The summed E-state index contributed by atoms with van der Waals surface area (Å²) < 4.78 is 20.7. The summed E-state index contributed by atoms with van der Waals surface area (Å²) in [5.74, 6) is -0.148. The fourth-order valence-corrected chi connectivity index (χ4v) is 2.55. The van der Waals surface area contributed by atoms with Crippen molar-refractivity contribution in [1.82, 2.24) is 15.3 Å². The van der Waals surface area contributed by atoms with Gasteiger partial charge in [-0.25, -0.2) is 4.79 Å². The zero-order chi connectivity index (χ0) is 21.4. The van der Waals surface area contributed by atoms with Gasteiger partial charge in [-0.05, 0) is 24.5 Å². The second kappa shape index (κ2) is 10.3. The molecule has 0 fully saturated rings. The van der Waals surface area contributed by atoms with Crippen LogP contribution in [-0.4, -0.2) is 49.2 Å². The van der Waals surface area contributed by atoms with Crippen LogP contribution in [0.1, 0.15) is 30.6 Å². The predicted octanol–water partition coefficient (Wildman–Crippen LogP) is 2.60. The molecule has 0 aliphatic rings. The van der Waals surface area contributed by atoms with E-state index in [1.54, 1.807) is 24.3 Å². The Balaban J connectivity index is 2.28. The molecule has 0 aliphatic carbocycles. The average molecular weight is 403 g/mol. The van der Waals surface area contributed by atoms with E-state index in [-0.39, 0.29) is 35.0 Å². The summed E-state index contributed by atoms with van der Waals surface area (Å²) in [5, 5.41) is 2.71. The predicted molar refractivity (Wildman–Crippen MR) is 104 cm³/mol. The van der Waals surface area contributed by atoms with Gasteiger partial charge in [0.25, 0.3) is 5.91 Å². The first-order valence-corrected chi connectivity index (χ1v) is 9.00. The maximum Gasteiger partial charge on any atom is 0.328 e. The lowest BCUT2D eigenvalue weighted by atomic mass is 10.0. The topological polar surface area (TPSA) is 109 Å². The number of rotatable bonds is 9. The van der Waals surface area contributed by atoms with Gasteiger partial charge in [-0.2, -0.15) is 9.97 Å². The number of hydrogen-bond acceptors (Lipinski definition) is 8. The molecule has 0 bridgehead atoms. The molecule has 1 aromatic carbocycles. The molecule has 9 heteroatoms. The number of aromatic nitrogens is 2. The van der Waals surface area contributed by atoms with E-state index in [2.05, 4.69) is 15.3 Å². The number of methoxy groups -OCH3 is 3. The molecular weight excluding hydrogens is 378 g/mol. The van der Waals surface area contributed by atoms with Crippen LogP contribution in [0, 0.1) is 5.92 Å². The van der Waals surface area contributed by atoms with Crippen molar-refractivity contribution in [2.45, 2.75) is 26.3 Å². The number of nitrogens with zero attached hydrogens (tertiary/aromatic N) is 2. The summed E-state index contributed by atoms with van der Waals surface area (Å²) >= 11 is 0. The Morgan fingerprint density at radius 3 is 2.34 bits per heavy atom. The van der Waals surface area contributed by atoms with Gasteiger partial charge in [-0.15, -0.1) is 0 Å². The average Bonchev–Trinajstić information content (AvgIpc) is 2.72. The molecule has 1 amide bonds. The van der Waals surface area contributed by atoms with Crippen LogP contribution in [-0.2, 0) is 9.53 Å². The lowest BCUT2D eigenvalue weighted by Crippen LogP contribution is -2.42. The van der Waals surface area contributed by atoms with Crippen molar-refractivity contribution in [3.8, 4) is 23.5 Å². The van der Waals surface area contributed by atoms with E-state index in [4.69, 9.17) is 18.9 Å². The van der Waals surface area contributed by atoms with Crippen molar-refractivity contribution in [2.75, 3.05) is 21.3 Å². The van der Waals surface area contributed by atoms with Crippen molar-refractivity contribution < 1.29 is 28.5 Å². The molecule has 9 nitrogen and oxygen atoms in total. The Morgan fingerprint density at radius 2 is 1.72 bits per heavy atom. The second-order valence-corrected chi connectivity index (χ2v) is 6.51. The molecule has 0 radical (unpaired) electrons. The van der Waals surface area contributed by atoms with Gasteiger partial charge < -0.3 is 24.3 Å². The molecule has 0 spiro atoms. The van der Waals surface area contributed by atoms with Gasteiger partial charge in [-0.3, -0.25) is 4.79 Å². The van der Waals surface area contributed by atoms with Crippen LogP contribution in [0.3, 0.4) is 0 Å². The SMILES string of the molecule is COC(=O)[C@H](CC(C)C)NC(=O)c1ccccc1Oc1cc(OC)nc(OC)n1. The van der Waals surface area contributed by atoms with Crippen LogP contribution >= 0.6 is 0 Å². The smallest absolute Gasteiger partial charge is 0.328 e. The first kappa shape index (κ1) is 21.9. The molecule has 156 valence electrons. The molecule has 1 aromatic heterocycles. The summed E-state index contributed by atoms with van der Waals surface area (Å²) in [6, 6.07) is 7.37. The van der Waals surface area contributed by atoms with E-state index in [1.165, 1.54) is 27.4 Å². The van der Waals surface area contributed by atoms with Crippen molar-refractivity contribution >= 4 is 11.9 Å². The summed E-state index contributed by atoms with van der Waals surface area (Å²) in [6.07, 6.45) is 0.446. The molecule has 0 saturated carbocycles. The van der Waals surface area contributed by atoms with Gasteiger partial charge >= 0.3 is 12.0 Å². The lowest BCUT2D eigenvalue weighted by Gasteiger charge is -2.19. The van der Waals surface area contributed by atoms with E-state index >= 15 is 0 Å². The first-order chi connectivity index (χ1) is 13.9. The summed E-state index contributed by atoms with van der Waals surface area (Å²) in [5.41, 5.74) is 0.238. The van der Waals surface area contributed by atoms with Gasteiger partial charge in [0, 0.05) is 0 Å². The Morgan fingerprint density at radius 1 is 1.03 bits per heavy atom. The fraction of sp³-hybridized carbons (Fsp3) is 0.400. The third kappa shape index (κ3) is 6.06. The molecule has 0 saturated heterocycles. The van der Waals surface area contributed by atoms with Crippen LogP contribution in [0.2, 0.25) is 0 Å². The molecule has 1 atom stereocenters. The molecule has 1 N–H and O–H groups in total. The van der Waals surface area contributed by atoms with E-state index in [9.17, 15) is 9.59 Å². The van der Waals surface area contributed by atoms with Crippen LogP contribution in [0.25, 0.3) is 0 Å². The highest BCUT2D eigenvalue weighted by Gasteiger charge is 2.24. The third-order valence-electron chi connectivity index (χ3n) is 3.89. The van der Waals surface area contributed by atoms with E-state index in [0.717, 1.165) is 0 Å². The fourth-order valence-electron chi connectivity index (χ4n) is 2.55. The number of para-hydroxylation sites is 1. The Hall–Kier alpha value is -3.36. The number of carbonyl (C=O) groups excluding carboxylic acids is 2. The van der Waals surface area contributed by atoms with Crippen LogP contribution in [0.15, 0.2) is 30.3 Å². The maximum absolute atomic E-state index is 12.8. The molecule has 29 heavy (non-hydrogen) atoms. The Kier molecular flexibility index (Phi) is 7.76. The van der Waals surface area contributed by atoms with Gasteiger partial charge in [0.15, 0.2) is 0 Å². The molecule has 0 unspecified atom stereocenters. The van der Waals surface area contributed by atoms with Crippen LogP contribution in [0.5, 0.6) is 23.5 Å². The highest BCUT2D eigenvalue weighted by atomic mass is 16.5. The van der Waals surface area contributed by atoms with Crippen molar-refractivity contribution in [3.05, 3.63) is 35.9 Å². The summed E-state index contributed by atoms with van der Waals surface area (Å²) in [4.78, 5) is 32.9. The van der Waals surface area contributed by atoms with E-state index in [0.29, 0.717) is 6.42 Å². The first-order valence-electron chi connectivity index (χ1n) is 9.00. The maximum atomic E-state index is 12.8. The summed E-state index contributed by atoms with van der Waals surface area (Å²) in [7, 11) is 4.16. The number of nitrogens with one attached hydrogen (secondary N) is 1. The van der Waals surface area contributed by atoms with Gasteiger partial charge in [-0.1, -0.05) is 26.0 Å². The number of ether oxygens (including phenoxy) is 4. The highest BCUT2D eigenvalue weighted by Crippen LogP contribution is 2.27. The monoisotopic (exact) mass is 403 g/mol. The van der Waals surface area contributed by atoms with Crippen molar-refractivity contribution in [3.63, 3.8) is 0 Å². The standard InChI is InChI=1S/C20H25N3O6/c1-12(2)10-14(19(25)27-4)21-18(24)13-8-6-7-9-15(13)29-17-11-16(26-3)22-20(23-17)28-5/h6-9,11-12,14H,10H2,1-5H3,(H,21,24)/t14-/m0/s1. The Bertz CT molecular complexity index is 834. The van der Waals surface area contributed by atoms with Gasteiger partial charge in [0.05, 0.1) is 33.0 Å². The summed E-state index contributed by atoms with van der Waals surface area (Å²) in [6.45, 7) is 3.91. The van der Waals surface area contributed by atoms with Crippen molar-refractivity contribution in [1.29, 1.82) is 0 Å². The molecule has 0 aliphatic heterocycles. The third-order valence-corrected chi connectivity index (χ3v) is 3.89. The molecule has 1 heterocycles. The number of carbonyl (C=O) groups is 2. The van der Waals surface area contributed by atoms with Gasteiger partial charge in [0.2, 0.25) is 11.8 Å². The van der Waals surface area contributed by atoms with Crippen molar-refractivity contribution in [2.24, 2.45) is 5.92 Å². The quantitative estimate of drug-likeness (QED) is 0.637. The van der Waals surface area contributed by atoms with Gasteiger partial charge in [0.1, 0.15) is 11.8 Å². The lowest BCUT2D eigenvalue weighted by molar-refractivity contribution is -0.143.